The summed E-state index contributed by atoms with van der Waals surface area (Å²) in [7, 11) is 1.59. The van der Waals surface area contributed by atoms with Gasteiger partial charge in [0.2, 0.25) is 0 Å². The number of hydrogen-bond donors (Lipinski definition) is 1. The molecule has 3 rings (SSSR count). The maximum absolute atomic E-state index is 13.4. The normalized spacial score (nSPS) is 18.6. The second kappa shape index (κ2) is 11.2. The molecule has 7 heteroatoms. The first-order valence-corrected chi connectivity index (χ1v) is 10.0. The second-order valence-corrected chi connectivity index (χ2v) is 7.53. The van der Waals surface area contributed by atoms with Gasteiger partial charge in [0.15, 0.2) is 0 Å². The van der Waals surface area contributed by atoms with Crippen LogP contribution in [0.2, 0.25) is 0 Å². The summed E-state index contributed by atoms with van der Waals surface area (Å²) in [5.41, 5.74) is 7.17. The van der Waals surface area contributed by atoms with E-state index in [1.807, 2.05) is 35.2 Å². The van der Waals surface area contributed by atoms with Crippen LogP contribution in [0, 0.1) is 5.92 Å². The van der Waals surface area contributed by atoms with E-state index < -0.39 is 0 Å². The third kappa shape index (κ3) is 5.65. The Labute approximate surface area is 184 Å². The summed E-state index contributed by atoms with van der Waals surface area (Å²) in [6.07, 6.45) is -0.197. The molecule has 30 heavy (non-hydrogen) atoms. The number of hydrogen-bond acceptors (Lipinski definition) is 5. The Hall–Kier alpha value is -2.28. The molecule has 164 valence electrons. The van der Waals surface area contributed by atoms with Crippen molar-refractivity contribution in [1.82, 2.24) is 4.90 Å². The van der Waals surface area contributed by atoms with Crippen molar-refractivity contribution in [3.63, 3.8) is 0 Å². The Morgan fingerprint density at radius 3 is 2.57 bits per heavy atom. The highest BCUT2D eigenvalue weighted by atomic mass is 35.5. The van der Waals surface area contributed by atoms with Crippen molar-refractivity contribution in [2.24, 2.45) is 11.7 Å². The third-order valence-electron chi connectivity index (χ3n) is 5.12. The molecule has 0 radical (unpaired) electrons. The third-order valence-corrected chi connectivity index (χ3v) is 5.12. The number of ether oxygens (including phenoxy) is 3. The summed E-state index contributed by atoms with van der Waals surface area (Å²) in [6, 6.07) is 15.3. The number of halogens is 1. The molecular weight excluding hydrogens is 404 g/mol. The molecule has 1 aliphatic heterocycles. The summed E-state index contributed by atoms with van der Waals surface area (Å²) >= 11 is 0. The highest BCUT2D eigenvalue weighted by Crippen LogP contribution is 2.31. The molecule has 2 aromatic rings. The molecule has 0 aromatic heterocycles. The fraction of sp³-hybridized carbons (Fsp3) is 0.435. The van der Waals surface area contributed by atoms with Gasteiger partial charge in [0.25, 0.3) is 5.91 Å². The largest absolute Gasteiger partial charge is 0.497 e. The van der Waals surface area contributed by atoms with Crippen molar-refractivity contribution in [2.75, 3.05) is 33.4 Å². The number of nitrogens with zero attached hydrogens (tertiary/aromatic N) is 1. The quantitative estimate of drug-likeness (QED) is 0.719. The van der Waals surface area contributed by atoms with Crippen molar-refractivity contribution in [2.45, 2.75) is 26.1 Å². The average molecular weight is 435 g/mol. The van der Waals surface area contributed by atoms with E-state index in [0.717, 1.165) is 5.56 Å². The molecule has 2 aromatic carbocycles. The number of carbonyl (C=O) groups excluding carboxylic acids is 1. The fourth-order valence-corrected chi connectivity index (χ4v) is 3.44. The van der Waals surface area contributed by atoms with Gasteiger partial charge in [0.05, 0.1) is 25.3 Å². The van der Waals surface area contributed by atoms with E-state index in [9.17, 15) is 4.79 Å². The van der Waals surface area contributed by atoms with Gasteiger partial charge in [-0.15, -0.1) is 12.4 Å². The predicted octanol–water partition coefficient (Wildman–Crippen LogP) is 3.69. The first-order valence-electron chi connectivity index (χ1n) is 10.0. The number of benzene rings is 2. The van der Waals surface area contributed by atoms with E-state index in [0.29, 0.717) is 49.2 Å². The Morgan fingerprint density at radius 2 is 1.93 bits per heavy atom. The zero-order valence-corrected chi connectivity index (χ0v) is 18.6. The summed E-state index contributed by atoms with van der Waals surface area (Å²) in [5, 5.41) is 0. The molecule has 1 heterocycles. The Kier molecular flexibility index (Phi) is 8.96. The van der Waals surface area contributed by atoms with Gasteiger partial charge >= 0.3 is 0 Å². The lowest BCUT2D eigenvalue weighted by Crippen LogP contribution is -2.48. The molecule has 0 unspecified atom stereocenters. The van der Waals surface area contributed by atoms with Gasteiger partial charge in [0.1, 0.15) is 24.2 Å². The maximum atomic E-state index is 13.4. The highest BCUT2D eigenvalue weighted by Gasteiger charge is 2.34. The first-order chi connectivity index (χ1) is 14.0. The van der Waals surface area contributed by atoms with Crippen LogP contribution in [-0.2, 0) is 4.74 Å². The summed E-state index contributed by atoms with van der Waals surface area (Å²) in [6.45, 7) is 5.97. The predicted molar refractivity (Wildman–Crippen MR) is 120 cm³/mol. The van der Waals surface area contributed by atoms with Crippen LogP contribution < -0.4 is 15.2 Å². The zero-order chi connectivity index (χ0) is 20.8. The number of nitrogens with two attached hydrogens (primary N) is 1. The van der Waals surface area contributed by atoms with E-state index in [2.05, 4.69) is 13.8 Å². The lowest BCUT2D eigenvalue weighted by molar-refractivity contribution is -0.0955. The lowest BCUT2D eigenvalue weighted by atomic mass is 10.00. The van der Waals surface area contributed by atoms with E-state index in [4.69, 9.17) is 19.9 Å². The number of methoxy groups -OCH3 is 1. The minimum Gasteiger partial charge on any atom is -0.497 e. The molecule has 0 aliphatic carbocycles. The van der Waals surface area contributed by atoms with Crippen LogP contribution in [0.1, 0.15) is 35.9 Å². The summed E-state index contributed by atoms with van der Waals surface area (Å²) < 4.78 is 17.3. The molecule has 0 bridgehead atoms. The van der Waals surface area contributed by atoms with Gasteiger partial charge in [-0.05, 0) is 23.6 Å². The molecule has 6 nitrogen and oxygen atoms in total. The van der Waals surface area contributed by atoms with Gasteiger partial charge in [0, 0.05) is 19.2 Å². The molecular formula is C23H31ClN2O4. The van der Waals surface area contributed by atoms with E-state index in [1.54, 1.807) is 25.3 Å². The standard InChI is InChI=1S/C23H30N2O4.ClH/c1-16(2)21-14-25(15-22(29-21)17-7-5-4-6-8-17)23(26)19-10-9-18(27-3)13-20(19)28-12-11-24;/h4-10,13,16,21-22H,11-12,14-15,24H2,1-3H3;1H/t21-,22+;/m1./s1. The van der Waals surface area contributed by atoms with Gasteiger partial charge < -0.3 is 24.8 Å². The van der Waals surface area contributed by atoms with Crippen LogP contribution in [0.15, 0.2) is 48.5 Å². The topological polar surface area (TPSA) is 74.0 Å². The van der Waals surface area contributed by atoms with E-state index in [1.165, 1.54) is 0 Å². The van der Waals surface area contributed by atoms with Crippen LogP contribution in [0.4, 0.5) is 0 Å². The molecule has 1 aliphatic rings. The maximum Gasteiger partial charge on any atom is 0.257 e. The monoisotopic (exact) mass is 434 g/mol. The summed E-state index contributed by atoms with van der Waals surface area (Å²) in [4.78, 5) is 15.3. The summed E-state index contributed by atoms with van der Waals surface area (Å²) in [5.74, 6) is 1.34. The van der Waals surface area contributed by atoms with Gasteiger partial charge in [-0.25, -0.2) is 0 Å². The van der Waals surface area contributed by atoms with Gasteiger partial charge in [-0.3, -0.25) is 4.79 Å². The van der Waals surface area contributed by atoms with Crippen molar-refractivity contribution >= 4 is 18.3 Å². The number of amides is 1. The molecule has 2 N–H and O–H groups in total. The fourth-order valence-electron chi connectivity index (χ4n) is 3.44. The number of rotatable bonds is 7. The molecule has 2 atom stereocenters. The Morgan fingerprint density at radius 1 is 1.20 bits per heavy atom. The number of carbonyl (C=O) groups is 1. The Balaban J connectivity index is 0.00000320. The van der Waals surface area contributed by atoms with E-state index in [-0.39, 0.29) is 30.5 Å². The van der Waals surface area contributed by atoms with Crippen molar-refractivity contribution in [3.8, 4) is 11.5 Å². The molecule has 1 saturated heterocycles. The highest BCUT2D eigenvalue weighted by molar-refractivity contribution is 5.97. The van der Waals surface area contributed by atoms with Crippen LogP contribution in [-0.4, -0.2) is 50.3 Å². The zero-order valence-electron chi connectivity index (χ0n) is 17.7. The van der Waals surface area contributed by atoms with Crippen molar-refractivity contribution < 1.29 is 19.0 Å². The van der Waals surface area contributed by atoms with Gasteiger partial charge in [-0.1, -0.05) is 44.2 Å². The SMILES string of the molecule is COc1ccc(C(=O)N2C[C@@H](c3ccccc3)O[C@@H](C(C)C)C2)c(OCCN)c1.Cl. The van der Waals surface area contributed by atoms with Crippen LogP contribution in [0.5, 0.6) is 11.5 Å². The molecule has 0 saturated carbocycles. The Bertz CT molecular complexity index is 816. The average Bonchev–Trinajstić information content (AvgIpc) is 2.77. The van der Waals surface area contributed by atoms with Crippen LogP contribution in [0.25, 0.3) is 0 Å². The molecule has 1 fully saturated rings. The molecule has 0 spiro atoms. The van der Waals surface area contributed by atoms with Crippen molar-refractivity contribution in [1.29, 1.82) is 0 Å². The van der Waals surface area contributed by atoms with Crippen molar-refractivity contribution in [3.05, 3.63) is 59.7 Å². The molecule has 1 amide bonds. The van der Waals surface area contributed by atoms with E-state index >= 15 is 0 Å². The second-order valence-electron chi connectivity index (χ2n) is 7.53. The smallest absolute Gasteiger partial charge is 0.257 e. The minimum absolute atomic E-state index is 0. The number of morpholine rings is 1. The van der Waals surface area contributed by atoms with Crippen LogP contribution in [0.3, 0.4) is 0 Å². The lowest BCUT2D eigenvalue weighted by Gasteiger charge is -2.40. The van der Waals surface area contributed by atoms with Gasteiger partial charge in [-0.2, -0.15) is 0 Å². The van der Waals surface area contributed by atoms with Crippen LogP contribution >= 0.6 is 12.4 Å². The first kappa shape index (κ1) is 24.0. The minimum atomic E-state index is -0.159.